The summed E-state index contributed by atoms with van der Waals surface area (Å²) in [6, 6.07) is 7.55. The predicted octanol–water partition coefficient (Wildman–Crippen LogP) is 2.30. The summed E-state index contributed by atoms with van der Waals surface area (Å²) in [5, 5.41) is 8.57. The highest BCUT2D eigenvalue weighted by Gasteiger charge is 2.11. The molecule has 1 aromatic rings. The van der Waals surface area contributed by atoms with Gasteiger partial charge in [-0.1, -0.05) is 12.1 Å². The first-order valence-corrected chi connectivity index (χ1v) is 6.60. The topological polar surface area (TPSA) is 66.8 Å². The Morgan fingerprint density at radius 1 is 1.30 bits per heavy atom. The largest absolute Gasteiger partial charge is 0.491 e. The van der Waals surface area contributed by atoms with Gasteiger partial charge in [0.05, 0.1) is 12.5 Å². The fourth-order valence-electron chi connectivity index (χ4n) is 1.76. The van der Waals surface area contributed by atoms with E-state index in [-0.39, 0.29) is 24.9 Å². The van der Waals surface area contributed by atoms with Crippen molar-refractivity contribution in [1.29, 1.82) is 0 Å². The third kappa shape index (κ3) is 5.73. The van der Waals surface area contributed by atoms with E-state index in [4.69, 9.17) is 9.84 Å². The summed E-state index contributed by atoms with van der Waals surface area (Å²) in [7, 11) is 1.67. The number of nitrogens with zero attached hydrogens (tertiary/aromatic N) is 1. The molecule has 0 saturated carbocycles. The highest BCUT2D eigenvalue weighted by atomic mass is 16.5. The standard InChI is InChI=1S/C15H21NO4/c1-11(2)20-13-6-4-5-12(9-13)10-16(3)14(17)7-8-15(18)19/h4-6,9,11H,7-8,10H2,1-3H3,(H,18,19). The molecule has 110 valence electrons. The molecule has 0 aliphatic heterocycles. The van der Waals surface area contributed by atoms with Gasteiger partial charge in [-0.3, -0.25) is 9.59 Å². The van der Waals surface area contributed by atoms with Crippen molar-refractivity contribution >= 4 is 11.9 Å². The van der Waals surface area contributed by atoms with E-state index in [2.05, 4.69) is 0 Å². The summed E-state index contributed by atoms with van der Waals surface area (Å²) in [5.41, 5.74) is 0.953. The van der Waals surface area contributed by atoms with Crippen LogP contribution in [-0.2, 0) is 16.1 Å². The highest BCUT2D eigenvalue weighted by molar-refractivity contribution is 5.80. The van der Waals surface area contributed by atoms with Gasteiger partial charge in [-0.25, -0.2) is 0 Å². The van der Waals surface area contributed by atoms with Crippen LogP contribution < -0.4 is 4.74 Å². The van der Waals surface area contributed by atoms with E-state index >= 15 is 0 Å². The lowest BCUT2D eigenvalue weighted by atomic mass is 10.2. The minimum absolute atomic E-state index is 0.0218. The van der Waals surface area contributed by atoms with Crippen LogP contribution in [0, 0.1) is 0 Å². The van der Waals surface area contributed by atoms with Gasteiger partial charge in [0.2, 0.25) is 5.91 Å². The third-order valence-corrected chi connectivity index (χ3v) is 2.67. The number of ether oxygens (including phenoxy) is 1. The molecule has 20 heavy (non-hydrogen) atoms. The average molecular weight is 279 g/mol. The zero-order valence-corrected chi connectivity index (χ0v) is 12.1. The van der Waals surface area contributed by atoms with Gasteiger partial charge in [0.1, 0.15) is 5.75 Å². The number of hydrogen-bond donors (Lipinski definition) is 1. The van der Waals surface area contributed by atoms with Gasteiger partial charge < -0.3 is 14.7 Å². The number of carbonyl (C=O) groups excluding carboxylic acids is 1. The SMILES string of the molecule is CC(C)Oc1cccc(CN(C)C(=O)CCC(=O)O)c1. The van der Waals surface area contributed by atoms with Gasteiger partial charge in [-0.15, -0.1) is 0 Å². The van der Waals surface area contributed by atoms with E-state index in [0.717, 1.165) is 11.3 Å². The van der Waals surface area contributed by atoms with E-state index in [1.165, 1.54) is 4.90 Å². The molecule has 0 atom stereocenters. The second-order valence-corrected chi connectivity index (χ2v) is 4.96. The van der Waals surface area contributed by atoms with Crippen molar-refractivity contribution in [3.05, 3.63) is 29.8 Å². The van der Waals surface area contributed by atoms with Crippen molar-refractivity contribution in [3.63, 3.8) is 0 Å². The first-order valence-electron chi connectivity index (χ1n) is 6.60. The maximum atomic E-state index is 11.7. The molecule has 0 unspecified atom stereocenters. The molecule has 0 bridgehead atoms. The molecule has 0 fully saturated rings. The second kappa shape index (κ2) is 7.53. The Bertz CT molecular complexity index is 471. The maximum Gasteiger partial charge on any atom is 0.303 e. The maximum absolute atomic E-state index is 11.7. The Balaban J connectivity index is 2.58. The number of amides is 1. The fraction of sp³-hybridized carbons (Fsp3) is 0.467. The fourth-order valence-corrected chi connectivity index (χ4v) is 1.76. The van der Waals surface area contributed by atoms with E-state index in [1.54, 1.807) is 7.05 Å². The smallest absolute Gasteiger partial charge is 0.303 e. The number of carbonyl (C=O) groups is 2. The molecule has 1 amide bonds. The Morgan fingerprint density at radius 3 is 2.60 bits per heavy atom. The zero-order chi connectivity index (χ0) is 15.1. The van der Waals surface area contributed by atoms with Gasteiger partial charge in [-0.2, -0.15) is 0 Å². The van der Waals surface area contributed by atoms with E-state index in [0.29, 0.717) is 6.54 Å². The van der Waals surface area contributed by atoms with Crippen LogP contribution >= 0.6 is 0 Å². The van der Waals surface area contributed by atoms with E-state index in [9.17, 15) is 9.59 Å². The minimum atomic E-state index is -0.959. The molecule has 0 aliphatic carbocycles. The lowest BCUT2D eigenvalue weighted by Crippen LogP contribution is -2.26. The summed E-state index contributed by atoms with van der Waals surface area (Å²) in [6.07, 6.45) is -0.0200. The van der Waals surface area contributed by atoms with Gasteiger partial charge in [0.25, 0.3) is 0 Å². The number of carboxylic acid groups (broad SMARTS) is 1. The normalized spacial score (nSPS) is 10.4. The predicted molar refractivity (Wildman–Crippen MR) is 75.5 cm³/mol. The van der Waals surface area contributed by atoms with Crippen molar-refractivity contribution in [2.24, 2.45) is 0 Å². The third-order valence-electron chi connectivity index (χ3n) is 2.67. The lowest BCUT2D eigenvalue weighted by molar-refractivity contribution is -0.140. The van der Waals surface area contributed by atoms with Crippen LogP contribution in [-0.4, -0.2) is 35.0 Å². The van der Waals surface area contributed by atoms with Gasteiger partial charge in [0.15, 0.2) is 0 Å². The Hall–Kier alpha value is -2.04. The molecule has 0 aliphatic rings. The Labute approximate surface area is 119 Å². The molecule has 1 aromatic carbocycles. The monoisotopic (exact) mass is 279 g/mol. The molecule has 0 heterocycles. The van der Waals surface area contributed by atoms with Crippen molar-refractivity contribution in [2.75, 3.05) is 7.05 Å². The summed E-state index contributed by atoms with van der Waals surface area (Å²) < 4.78 is 5.59. The lowest BCUT2D eigenvalue weighted by Gasteiger charge is -2.18. The van der Waals surface area contributed by atoms with Gasteiger partial charge >= 0.3 is 5.97 Å². The molecule has 0 saturated heterocycles. The van der Waals surface area contributed by atoms with E-state index in [1.807, 2.05) is 38.1 Å². The molecule has 1 rings (SSSR count). The minimum Gasteiger partial charge on any atom is -0.491 e. The first-order chi connectivity index (χ1) is 9.38. The molecule has 5 heteroatoms. The van der Waals surface area contributed by atoms with E-state index < -0.39 is 5.97 Å². The van der Waals surface area contributed by atoms with Gasteiger partial charge in [-0.05, 0) is 31.5 Å². The number of hydrogen-bond acceptors (Lipinski definition) is 3. The molecular formula is C15H21NO4. The Kier molecular flexibility index (Phi) is 6.03. The van der Waals surface area contributed by atoms with Crippen molar-refractivity contribution < 1.29 is 19.4 Å². The Morgan fingerprint density at radius 2 is 2.00 bits per heavy atom. The van der Waals surface area contributed by atoms with Crippen molar-refractivity contribution in [2.45, 2.75) is 39.3 Å². The molecule has 1 N–H and O–H groups in total. The molecular weight excluding hydrogens is 258 g/mol. The quantitative estimate of drug-likeness (QED) is 0.831. The van der Waals surface area contributed by atoms with Gasteiger partial charge in [0, 0.05) is 20.0 Å². The molecule has 0 radical (unpaired) electrons. The highest BCUT2D eigenvalue weighted by Crippen LogP contribution is 2.16. The molecule has 0 aromatic heterocycles. The second-order valence-electron chi connectivity index (χ2n) is 4.96. The number of benzene rings is 1. The number of rotatable bonds is 7. The van der Waals surface area contributed by atoms with Crippen LogP contribution in [0.2, 0.25) is 0 Å². The van der Waals surface area contributed by atoms with Crippen LogP contribution in [0.15, 0.2) is 24.3 Å². The summed E-state index contributed by atoms with van der Waals surface area (Å²) in [5.74, 6) is -0.370. The summed E-state index contributed by atoms with van der Waals surface area (Å²) in [4.78, 5) is 23.7. The van der Waals surface area contributed by atoms with Crippen molar-refractivity contribution in [3.8, 4) is 5.75 Å². The van der Waals surface area contributed by atoms with Crippen LogP contribution in [0.4, 0.5) is 0 Å². The number of aliphatic carboxylic acids is 1. The summed E-state index contributed by atoms with van der Waals surface area (Å²) >= 11 is 0. The molecule has 0 spiro atoms. The van der Waals surface area contributed by atoms with Crippen LogP contribution in [0.1, 0.15) is 32.3 Å². The average Bonchev–Trinajstić information content (AvgIpc) is 2.35. The first kappa shape index (κ1) is 16.0. The zero-order valence-electron chi connectivity index (χ0n) is 12.1. The van der Waals surface area contributed by atoms with Crippen LogP contribution in [0.5, 0.6) is 5.75 Å². The van der Waals surface area contributed by atoms with Crippen LogP contribution in [0.25, 0.3) is 0 Å². The summed E-state index contributed by atoms with van der Waals surface area (Å²) in [6.45, 7) is 4.34. The van der Waals surface area contributed by atoms with Crippen molar-refractivity contribution in [1.82, 2.24) is 4.90 Å². The van der Waals surface area contributed by atoms with Crippen LogP contribution in [0.3, 0.4) is 0 Å². The molecule has 5 nitrogen and oxygen atoms in total. The number of carboxylic acids is 1.